The molecule has 0 spiro atoms. The summed E-state index contributed by atoms with van der Waals surface area (Å²) in [5, 5.41) is 0. The molecule has 4 heteroatoms. The van der Waals surface area contributed by atoms with E-state index in [4.69, 9.17) is 4.74 Å². The maximum absolute atomic E-state index is 11.9. The van der Waals surface area contributed by atoms with E-state index >= 15 is 0 Å². The van der Waals surface area contributed by atoms with Crippen LogP contribution in [0.4, 0.5) is 10.5 Å². The standard InChI is InChI=1S/C16H27N2O2/c1-11(2)13-10-9-12(3)15(14(13)18(6,7)8)20-16(19)17(4)5/h9-11H,1-8H3/q+1. The Morgan fingerprint density at radius 3 is 2.15 bits per heavy atom. The van der Waals surface area contributed by atoms with Gasteiger partial charge in [-0.25, -0.2) is 4.79 Å². The summed E-state index contributed by atoms with van der Waals surface area (Å²) in [7, 11) is 9.65. The monoisotopic (exact) mass is 279 g/mol. The molecule has 4 nitrogen and oxygen atoms in total. The maximum atomic E-state index is 11.9. The van der Waals surface area contributed by atoms with Crippen molar-refractivity contribution < 1.29 is 9.53 Å². The SMILES string of the molecule is Cc1ccc(C(C)C)c([N+](C)(C)C)c1OC(=O)N(C)C. The summed E-state index contributed by atoms with van der Waals surface area (Å²) >= 11 is 0. The van der Waals surface area contributed by atoms with Gasteiger partial charge >= 0.3 is 6.09 Å². The molecule has 0 aromatic heterocycles. The third-order valence-electron chi connectivity index (χ3n) is 3.21. The Hall–Kier alpha value is -1.55. The molecule has 20 heavy (non-hydrogen) atoms. The van der Waals surface area contributed by atoms with Gasteiger partial charge in [-0.1, -0.05) is 26.0 Å². The summed E-state index contributed by atoms with van der Waals surface area (Å²) in [6.07, 6.45) is -0.344. The van der Waals surface area contributed by atoms with Gasteiger partial charge in [0.1, 0.15) is 0 Å². The quantitative estimate of drug-likeness (QED) is 0.794. The van der Waals surface area contributed by atoms with E-state index in [2.05, 4.69) is 41.1 Å². The fourth-order valence-electron chi connectivity index (χ4n) is 2.15. The summed E-state index contributed by atoms with van der Waals surface area (Å²) in [5.74, 6) is 1.06. The molecule has 0 radical (unpaired) electrons. The molecular weight excluding hydrogens is 252 g/mol. The molecule has 0 atom stereocenters. The summed E-state index contributed by atoms with van der Waals surface area (Å²) in [4.78, 5) is 13.4. The van der Waals surface area contributed by atoms with Crippen molar-refractivity contribution in [3.8, 4) is 5.75 Å². The molecule has 0 heterocycles. The number of benzene rings is 1. The number of carbonyl (C=O) groups excluding carboxylic acids is 1. The van der Waals surface area contributed by atoms with Gasteiger partial charge in [0.15, 0.2) is 11.4 Å². The van der Waals surface area contributed by atoms with Crippen molar-refractivity contribution in [2.24, 2.45) is 0 Å². The van der Waals surface area contributed by atoms with Crippen molar-refractivity contribution in [2.45, 2.75) is 26.7 Å². The van der Waals surface area contributed by atoms with Gasteiger partial charge in [-0.05, 0) is 18.4 Å². The van der Waals surface area contributed by atoms with Crippen LogP contribution in [0.1, 0.15) is 30.9 Å². The zero-order chi connectivity index (χ0) is 15.7. The Morgan fingerprint density at radius 2 is 1.75 bits per heavy atom. The van der Waals surface area contributed by atoms with E-state index in [1.54, 1.807) is 14.1 Å². The number of aryl methyl sites for hydroxylation is 1. The van der Waals surface area contributed by atoms with E-state index < -0.39 is 0 Å². The van der Waals surface area contributed by atoms with Gasteiger partial charge in [-0.2, -0.15) is 0 Å². The highest BCUT2D eigenvalue weighted by Crippen LogP contribution is 2.40. The molecular formula is C16H27N2O2+. The average molecular weight is 279 g/mol. The number of hydrogen-bond acceptors (Lipinski definition) is 2. The van der Waals surface area contributed by atoms with Crippen LogP contribution in [0.5, 0.6) is 5.75 Å². The van der Waals surface area contributed by atoms with Crippen molar-refractivity contribution in [3.05, 3.63) is 23.3 Å². The normalized spacial score (nSPS) is 11.7. The van der Waals surface area contributed by atoms with E-state index in [9.17, 15) is 4.79 Å². The highest BCUT2D eigenvalue weighted by Gasteiger charge is 2.28. The van der Waals surface area contributed by atoms with Gasteiger partial charge < -0.3 is 9.64 Å². The van der Waals surface area contributed by atoms with Gasteiger partial charge in [-0.15, -0.1) is 0 Å². The molecule has 0 saturated heterocycles. The van der Waals surface area contributed by atoms with Gasteiger partial charge in [0, 0.05) is 19.7 Å². The van der Waals surface area contributed by atoms with Crippen molar-refractivity contribution in [1.29, 1.82) is 0 Å². The largest absolute Gasteiger partial charge is 0.414 e. The molecule has 0 aliphatic rings. The van der Waals surface area contributed by atoms with Crippen LogP contribution in [0, 0.1) is 6.92 Å². The van der Waals surface area contributed by atoms with E-state index in [-0.39, 0.29) is 6.09 Å². The summed E-state index contributed by atoms with van der Waals surface area (Å²) in [5.41, 5.74) is 3.26. The third-order valence-corrected chi connectivity index (χ3v) is 3.21. The van der Waals surface area contributed by atoms with E-state index in [0.717, 1.165) is 11.3 Å². The average Bonchev–Trinajstić information content (AvgIpc) is 2.29. The zero-order valence-corrected chi connectivity index (χ0v) is 13.9. The molecule has 1 amide bonds. The van der Waals surface area contributed by atoms with Gasteiger partial charge in [-0.3, -0.25) is 4.48 Å². The lowest BCUT2D eigenvalue weighted by atomic mass is 9.97. The molecule has 1 rings (SSSR count). The second kappa shape index (κ2) is 5.83. The topological polar surface area (TPSA) is 29.5 Å². The number of carbonyl (C=O) groups is 1. The number of amides is 1. The molecule has 0 saturated carbocycles. The third kappa shape index (κ3) is 3.51. The molecule has 0 unspecified atom stereocenters. The summed E-state index contributed by atoms with van der Waals surface area (Å²) in [6.45, 7) is 6.28. The zero-order valence-electron chi connectivity index (χ0n) is 13.9. The second-order valence-corrected chi connectivity index (χ2v) is 6.58. The van der Waals surface area contributed by atoms with Crippen LogP contribution in [0.25, 0.3) is 0 Å². The van der Waals surface area contributed by atoms with Crippen LogP contribution >= 0.6 is 0 Å². The van der Waals surface area contributed by atoms with Crippen LogP contribution in [-0.2, 0) is 0 Å². The fourth-order valence-corrected chi connectivity index (χ4v) is 2.15. The first-order chi connectivity index (χ1) is 9.05. The smallest absolute Gasteiger partial charge is 0.404 e. The number of rotatable bonds is 3. The summed E-state index contributed by atoms with van der Waals surface area (Å²) < 4.78 is 6.24. The molecule has 1 aromatic carbocycles. The van der Waals surface area contributed by atoms with E-state index in [0.29, 0.717) is 16.2 Å². The highest BCUT2D eigenvalue weighted by atomic mass is 16.6. The van der Waals surface area contributed by atoms with E-state index in [1.807, 2.05) is 13.0 Å². The molecule has 0 N–H and O–H groups in total. The van der Waals surface area contributed by atoms with Crippen molar-refractivity contribution >= 4 is 11.8 Å². The Morgan fingerprint density at radius 1 is 1.20 bits per heavy atom. The lowest BCUT2D eigenvalue weighted by Gasteiger charge is -2.30. The van der Waals surface area contributed by atoms with Crippen molar-refractivity contribution in [2.75, 3.05) is 35.2 Å². The van der Waals surface area contributed by atoms with Crippen LogP contribution in [0.15, 0.2) is 12.1 Å². The van der Waals surface area contributed by atoms with Crippen molar-refractivity contribution in [3.63, 3.8) is 0 Å². The highest BCUT2D eigenvalue weighted by molar-refractivity contribution is 5.75. The predicted octanol–water partition coefficient (Wildman–Crippen LogP) is 3.38. The van der Waals surface area contributed by atoms with Gasteiger partial charge in [0.2, 0.25) is 0 Å². The minimum atomic E-state index is -0.344. The maximum Gasteiger partial charge on any atom is 0.414 e. The van der Waals surface area contributed by atoms with E-state index in [1.165, 1.54) is 10.5 Å². The van der Waals surface area contributed by atoms with Crippen LogP contribution in [-0.4, -0.2) is 46.2 Å². The molecule has 1 aromatic rings. The Balaban J connectivity index is 3.48. The lowest BCUT2D eigenvalue weighted by molar-refractivity contribution is 0.171. The first-order valence-electron chi connectivity index (χ1n) is 6.90. The Kier molecular flexibility index (Phi) is 4.81. The number of hydrogen-bond donors (Lipinski definition) is 0. The van der Waals surface area contributed by atoms with Crippen LogP contribution in [0.2, 0.25) is 0 Å². The molecule has 112 valence electrons. The fraction of sp³-hybridized carbons (Fsp3) is 0.562. The van der Waals surface area contributed by atoms with Gasteiger partial charge in [0.25, 0.3) is 0 Å². The molecule has 0 bridgehead atoms. The Bertz CT molecular complexity index is 500. The molecule has 0 aliphatic heterocycles. The van der Waals surface area contributed by atoms with Crippen molar-refractivity contribution in [1.82, 2.24) is 9.38 Å². The van der Waals surface area contributed by atoms with Crippen LogP contribution in [0.3, 0.4) is 0 Å². The van der Waals surface area contributed by atoms with Crippen LogP contribution < -0.4 is 9.22 Å². The predicted molar refractivity (Wildman–Crippen MR) is 84.5 cm³/mol. The minimum absolute atomic E-state index is 0.344. The Labute approximate surface area is 122 Å². The number of nitrogens with zero attached hydrogens (tertiary/aromatic N) is 2. The van der Waals surface area contributed by atoms with Gasteiger partial charge in [0.05, 0.1) is 21.1 Å². The lowest BCUT2D eigenvalue weighted by Crippen LogP contribution is -2.37. The minimum Gasteiger partial charge on any atom is -0.404 e. The second-order valence-electron chi connectivity index (χ2n) is 6.58. The number of quaternary nitrogens is 1. The first-order valence-corrected chi connectivity index (χ1v) is 6.90. The summed E-state index contributed by atoms with van der Waals surface area (Å²) in [6, 6.07) is 4.15. The molecule has 0 fully saturated rings. The molecule has 0 aliphatic carbocycles. The first kappa shape index (κ1) is 16.5. The number of ether oxygens (including phenoxy) is 1.